The predicted octanol–water partition coefficient (Wildman–Crippen LogP) is -0.593. The highest BCUT2D eigenvalue weighted by molar-refractivity contribution is 4.96. The molecule has 0 bridgehead atoms. The Balaban J connectivity index is 2.78. The first-order chi connectivity index (χ1) is 6.91. The highest BCUT2D eigenvalue weighted by Crippen LogP contribution is 2.31. The molecule has 0 saturated carbocycles. The van der Waals surface area contributed by atoms with Crippen LogP contribution in [0.2, 0.25) is 0 Å². The van der Waals surface area contributed by atoms with Gasteiger partial charge in [-0.15, -0.1) is 6.58 Å². The summed E-state index contributed by atoms with van der Waals surface area (Å²) in [5.41, 5.74) is 0. The van der Waals surface area contributed by atoms with Crippen LogP contribution in [0, 0.1) is 0 Å². The van der Waals surface area contributed by atoms with Crippen LogP contribution in [0.5, 0.6) is 0 Å². The summed E-state index contributed by atoms with van der Waals surface area (Å²) in [4.78, 5) is 0. The molecule has 88 valence electrons. The van der Waals surface area contributed by atoms with Gasteiger partial charge in [0.25, 0.3) is 0 Å². The number of rotatable bonds is 4. The van der Waals surface area contributed by atoms with Gasteiger partial charge in [0, 0.05) is 0 Å². The first-order valence-electron chi connectivity index (χ1n) is 4.86. The molecular formula is C10H18O5. The lowest BCUT2D eigenvalue weighted by molar-refractivity contribution is -0.160. The van der Waals surface area contributed by atoms with E-state index < -0.39 is 36.8 Å². The minimum absolute atomic E-state index is 0.440. The van der Waals surface area contributed by atoms with E-state index >= 15 is 0 Å². The SMILES string of the molecule is C=C[C@H](O)[C@@H]1OC(C)(C)O[C@@H]1C(O)CO. The van der Waals surface area contributed by atoms with E-state index in [1.165, 1.54) is 6.08 Å². The Bertz CT molecular complexity index is 228. The van der Waals surface area contributed by atoms with E-state index in [0.717, 1.165) is 0 Å². The molecule has 3 N–H and O–H groups in total. The van der Waals surface area contributed by atoms with E-state index in [1.807, 2.05) is 0 Å². The van der Waals surface area contributed by atoms with Crippen LogP contribution < -0.4 is 0 Å². The Kier molecular flexibility index (Phi) is 3.86. The molecule has 1 fully saturated rings. The molecule has 0 spiro atoms. The van der Waals surface area contributed by atoms with Gasteiger partial charge in [0.1, 0.15) is 24.4 Å². The lowest BCUT2D eigenvalue weighted by Gasteiger charge is -2.22. The average molecular weight is 218 g/mol. The van der Waals surface area contributed by atoms with Gasteiger partial charge in [-0.3, -0.25) is 0 Å². The maximum atomic E-state index is 9.59. The zero-order chi connectivity index (χ0) is 11.6. The molecule has 5 nitrogen and oxygen atoms in total. The van der Waals surface area contributed by atoms with Crippen LogP contribution in [0.1, 0.15) is 13.8 Å². The van der Waals surface area contributed by atoms with E-state index in [-0.39, 0.29) is 0 Å². The van der Waals surface area contributed by atoms with Crippen molar-refractivity contribution in [1.82, 2.24) is 0 Å². The van der Waals surface area contributed by atoms with Gasteiger partial charge in [-0.2, -0.15) is 0 Å². The zero-order valence-electron chi connectivity index (χ0n) is 8.96. The van der Waals surface area contributed by atoms with Crippen LogP contribution in [-0.4, -0.2) is 52.1 Å². The second kappa shape index (κ2) is 4.59. The van der Waals surface area contributed by atoms with Crippen molar-refractivity contribution in [2.24, 2.45) is 0 Å². The Labute approximate surface area is 88.9 Å². The van der Waals surface area contributed by atoms with Crippen molar-refractivity contribution < 1.29 is 24.8 Å². The molecule has 1 rings (SSSR count). The molecule has 0 aromatic rings. The zero-order valence-corrected chi connectivity index (χ0v) is 8.96. The predicted molar refractivity (Wildman–Crippen MR) is 53.1 cm³/mol. The van der Waals surface area contributed by atoms with E-state index in [4.69, 9.17) is 14.6 Å². The largest absolute Gasteiger partial charge is 0.394 e. The molecule has 0 aliphatic carbocycles. The molecule has 0 aromatic carbocycles. The summed E-state index contributed by atoms with van der Waals surface area (Å²) in [7, 11) is 0. The number of aliphatic hydroxyl groups excluding tert-OH is 3. The molecule has 15 heavy (non-hydrogen) atoms. The van der Waals surface area contributed by atoms with Crippen LogP contribution in [-0.2, 0) is 9.47 Å². The van der Waals surface area contributed by atoms with Gasteiger partial charge in [-0.05, 0) is 13.8 Å². The number of hydrogen-bond acceptors (Lipinski definition) is 5. The van der Waals surface area contributed by atoms with Crippen molar-refractivity contribution in [1.29, 1.82) is 0 Å². The van der Waals surface area contributed by atoms with E-state index in [1.54, 1.807) is 13.8 Å². The minimum Gasteiger partial charge on any atom is -0.394 e. The van der Waals surface area contributed by atoms with E-state index in [9.17, 15) is 10.2 Å². The highest BCUT2D eigenvalue weighted by atomic mass is 16.8. The number of aliphatic hydroxyl groups is 3. The molecule has 1 unspecified atom stereocenters. The van der Waals surface area contributed by atoms with Gasteiger partial charge in [-0.1, -0.05) is 6.08 Å². The van der Waals surface area contributed by atoms with Crippen molar-refractivity contribution in [3.63, 3.8) is 0 Å². The van der Waals surface area contributed by atoms with Crippen molar-refractivity contribution in [3.05, 3.63) is 12.7 Å². The van der Waals surface area contributed by atoms with Gasteiger partial charge in [0.15, 0.2) is 5.79 Å². The first-order valence-corrected chi connectivity index (χ1v) is 4.86. The standard InChI is InChI=1S/C10H18O5/c1-4-6(12)8-9(7(13)5-11)15-10(2,3)14-8/h4,6-9,11-13H,1,5H2,2-3H3/t6-,7?,8-,9+/m0/s1. The smallest absolute Gasteiger partial charge is 0.164 e. The van der Waals surface area contributed by atoms with Crippen molar-refractivity contribution in [2.45, 2.75) is 44.1 Å². The normalized spacial score (nSPS) is 33.7. The summed E-state index contributed by atoms with van der Waals surface area (Å²) < 4.78 is 10.8. The number of ether oxygens (including phenoxy) is 2. The summed E-state index contributed by atoms with van der Waals surface area (Å²) >= 11 is 0. The maximum Gasteiger partial charge on any atom is 0.164 e. The second-order valence-corrected chi connectivity index (χ2v) is 4.04. The molecule has 1 saturated heterocycles. The third-order valence-electron chi connectivity index (χ3n) is 2.31. The van der Waals surface area contributed by atoms with Gasteiger partial charge in [0.2, 0.25) is 0 Å². The van der Waals surface area contributed by atoms with Crippen LogP contribution in [0.4, 0.5) is 0 Å². The molecule has 0 amide bonds. The lowest BCUT2D eigenvalue weighted by Crippen LogP contribution is -2.43. The highest BCUT2D eigenvalue weighted by Gasteiger charge is 2.46. The second-order valence-electron chi connectivity index (χ2n) is 4.04. The molecule has 0 radical (unpaired) electrons. The molecule has 1 aliphatic heterocycles. The molecule has 1 aliphatic rings. The summed E-state index contributed by atoms with van der Waals surface area (Å²) in [6, 6.07) is 0. The van der Waals surface area contributed by atoms with Crippen molar-refractivity contribution in [2.75, 3.05) is 6.61 Å². The fourth-order valence-corrected chi connectivity index (χ4v) is 1.62. The van der Waals surface area contributed by atoms with Crippen LogP contribution in [0.3, 0.4) is 0 Å². The van der Waals surface area contributed by atoms with Crippen molar-refractivity contribution >= 4 is 0 Å². The quantitative estimate of drug-likeness (QED) is 0.549. The third-order valence-corrected chi connectivity index (χ3v) is 2.31. The van der Waals surface area contributed by atoms with E-state index in [2.05, 4.69) is 6.58 Å². The van der Waals surface area contributed by atoms with Gasteiger partial charge < -0.3 is 24.8 Å². The van der Waals surface area contributed by atoms with Gasteiger partial charge in [0.05, 0.1) is 6.61 Å². The summed E-state index contributed by atoms with van der Waals surface area (Å²) in [5, 5.41) is 27.9. The topological polar surface area (TPSA) is 79.2 Å². The van der Waals surface area contributed by atoms with Crippen LogP contribution in [0.15, 0.2) is 12.7 Å². The van der Waals surface area contributed by atoms with E-state index in [0.29, 0.717) is 0 Å². The van der Waals surface area contributed by atoms with Crippen molar-refractivity contribution in [3.8, 4) is 0 Å². The van der Waals surface area contributed by atoms with Gasteiger partial charge in [-0.25, -0.2) is 0 Å². The molecular weight excluding hydrogens is 200 g/mol. The summed E-state index contributed by atoms with van der Waals surface area (Å²) in [6.07, 6.45) is -2.16. The Morgan fingerprint density at radius 3 is 2.33 bits per heavy atom. The summed E-state index contributed by atoms with van der Waals surface area (Å²) in [5.74, 6) is -0.879. The fraction of sp³-hybridized carbons (Fsp3) is 0.800. The molecule has 0 aromatic heterocycles. The average Bonchev–Trinajstić information content (AvgIpc) is 2.52. The monoisotopic (exact) mass is 218 g/mol. The Morgan fingerprint density at radius 1 is 1.33 bits per heavy atom. The lowest BCUT2D eigenvalue weighted by atomic mass is 10.0. The molecule has 4 atom stereocenters. The number of hydrogen-bond donors (Lipinski definition) is 3. The van der Waals surface area contributed by atoms with Crippen LogP contribution in [0.25, 0.3) is 0 Å². The minimum atomic E-state index is -1.08. The summed E-state index contributed by atoms with van der Waals surface area (Å²) in [6.45, 7) is 6.36. The van der Waals surface area contributed by atoms with Crippen LogP contribution >= 0.6 is 0 Å². The fourth-order valence-electron chi connectivity index (χ4n) is 1.62. The Hall–Kier alpha value is -0.460. The Morgan fingerprint density at radius 2 is 1.87 bits per heavy atom. The molecule has 5 heteroatoms. The first kappa shape index (κ1) is 12.6. The molecule has 1 heterocycles. The third kappa shape index (κ3) is 2.76. The van der Waals surface area contributed by atoms with Gasteiger partial charge >= 0.3 is 0 Å². The maximum absolute atomic E-state index is 9.59.